The van der Waals surface area contributed by atoms with Gasteiger partial charge < -0.3 is 5.32 Å². The molecule has 4 rings (SSSR count). The average Bonchev–Trinajstić information content (AvgIpc) is 3.10. The minimum atomic E-state index is -0.624. The number of imide groups is 1. The van der Waals surface area contributed by atoms with Crippen LogP contribution in [-0.4, -0.2) is 26.1 Å². The van der Waals surface area contributed by atoms with Crippen LogP contribution in [0.1, 0.15) is 11.3 Å². The molecule has 0 atom stereocenters. The predicted molar refractivity (Wildman–Crippen MR) is 119 cm³/mol. The Labute approximate surface area is 188 Å². The number of aromatic nitrogens is 2. The summed E-state index contributed by atoms with van der Waals surface area (Å²) < 4.78 is 3.14. The molecule has 0 saturated carbocycles. The first-order valence-electron chi connectivity index (χ1n) is 9.41. The molecule has 0 fully saturated rings. The van der Waals surface area contributed by atoms with Gasteiger partial charge in [-0.2, -0.15) is 0 Å². The normalized spacial score (nSPS) is 14.0. The SMILES string of the molecule is Cc1c(NC2=C(Cl)C(=O)N(Cc3ccc(Cl)cc3)C2=O)c(=O)n(-c2ccccc2)n1C. The van der Waals surface area contributed by atoms with Crippen LogP contribution in [-0.2, 0) is 23.2 Å². The van der Waals surface area contributed by atoms with Gasteiger partial charge in [0.1, 0.15) is 16.4 Å². The summed E-state index contributed by atoms with van der Waals surface area (Å²) in [6.07, 6.45) is 0. The molecule has 7 nitrogen and oxygen atoms in total. The molecule has 9 heteroatoms. The summed E-state index contributed by atoms with van der Waals surface area (Å²) in [6, 6.07) is 15.9. The topological polar surface area (TPSA) is 76.3 Å². The summed E-state index contributed by atoms with van der Waals surface area (Å²) in [5.74, 6) is -1.22. The molecule has 2 amide bonds. The summed E-state index contributed by atoms with van der Waals surface area (Å²) in [6.45, 7) is 1.78. The molecule has 0 bridgehead atoms. The molecule has 1 aliphatic heterocycles. The largest absolute Gasteiger partial charge is 0.344 e. The van der Waals surface area contributed by atoms with Gasteiger partial charge in [-0.3, -0.25) is 24.0 Å². The van der Waals surface area contributed by atoms with Crippen molar-refractivity contribution in [3.63, 3.8) is 0 Å². The molecule has 2 heterocycles. The van der Waals surface area contributed by atoms with Crippen LogP contribution in [0.15, 0.2) is 70.1 Å². The van der Waals surface area contributed by atoms with E-state index in [-0.39, 0.29) is 28.5 Å². The molecule has 0 aliphatic carbocycles. The number of hydrogen-bond donors (Lipinski definition) is 1. The second-order valence-electron chi connectivity index (χ2n) is 7.07. The molecule has 158 valence electrons. The third-order valence-electron chi connectivity index (χ3n) is 5.17. The Bertz CT molecular complexity index is 1270. The number of anilines is 1. The zero-order valence-electron chi connectivity index (χ0n) is 16.7. The zero-order chi connectivity index (χ0) is 22.3. The first kappa shape index (κ1) is 21.0. The van der Waals surface area contributed by atoms with Crippen LogP contribution in [0, 0.1) is 6.92 Å². The maximum absolute atomic E-state index is 13.1. The van der Waals surface area contributed by atoms with Gasteiger partial charge in [-0.15, -0.1) is 0 Å². The quantitative estimate of drug-likeness (QED) is 0.595. The third kappa shape index (κ3) is 3.66. The lowest BCUT2D eigenvalue weighted by atomic mass is 10.2. The number of nitrogens with one attached hydrogen (secondary N) is 1. The summed E-state index contributed by atoms with van der Waals surface area (Å²) in [7, 11) is 1.74. The van der Waals surface area contributed by atoms with Crippen molar-refractivity contribution in [1.82, 2.24) is 14.3 Å². The highest BCUT2D eigenvalue weighted by molar-refractivity contribution is 6.48. The number of benzene rings is 2. The predicted octanol–water partition coefficient (Wildman–Crippen LogP) is 3.57. The Hall–Kier alpha value is -3.29. The standard InChI is InChI=1S/C22H18Cl2N4O3/c1-13-18(22(31)28(26(13)2)16-6-4-3-5-7-16)25-19-17(24)20(29)27(21(19)30)12-14-8-10-15(23)11-9-14/h3-11,25H,12H2,1-2H3. The van der Waals surface area contributed by atoms with Gasteiger partial charge in [0.25, 0.3) is 17.4 Å². The number of carbonyl (C=O) groups excluding carboxylic acids is 2. The Kier molecular flexibility index (Phi) is 5.47. The lowest BCUT2D eigenvalue weighted by molar-refractivity contribution is -0.138. The monoisotopic (exact) mass is 456 g/mol. The van der Waals surface area contributed by atoms with Crippen LogP contribution < -0.4 is 10.9 Å². The van der Waals surface area contributed by atoms with Crippen LogP contribution in [0.2, 0.25) is 5.02 Å². The fraction of sp³-hybridized carbons (Fsp3) is 0.136. The Morgan fingerprint density at radius 1 is 0.903 bits per heavy atom. The second kappa shape index (κ2) is 8.09. The molecule has 0 saturated heterocycles. The Morgan fingerprint density at radius 2 is 1.55 bits per heavy atom. The molecule has 31 heavy (non-hydrogen) atoms. The van der Waals surface area contributed by atoms with Crippen LogP contribution in [0.3, 0.4) is 0 Å². The van der Waals surface area contributed by atoms with Crippen molar-refractivity contribution in [2.75, 3.05) is 5.32 Å². The number of rotatable bonds is 5. The van der Waals surface area contributed by atoms with E-state index < -0.39 is 11.8 Å². The maximum Gasteiger partial charge on any atom is 0.295 e. The van der Waals surface area contributed by atoms with Crippen molar-refractivity contribution in [3.05, 3.63) is 92.0 Å². The van der Waals surface area contributed by atoms with Gasteiger partial charge in [-0.1, -0.05) is 53.5 Å². The van der Waals surface area contributed by atoms with Crippen molar-refractivity contribution in [2.24, 2.45) is 7.05 Å². The summed E-state index contributed by atoms with van der Waals surface area (Å²) in [4.78, 5) is 39.7. The molecule has 1 aliphatic rings. The molecular formula is C22H18Cl2N4O3. The maximum atomic E-state index is 13.1. The van der Waals surface area contributed by atoms with E-state index in [2.05, 4.69) is 5.32 Å². The second-order valence-corrected chi connectivity index (χ2v) is 7.89. The lowest BCUT2D eigenvalue weighted by Crippen LogP contribution is -2.32. The van der Waals surface area contributed by atoms with Crippen molar-refractivity contribution in [1.29, 1.82) is 0 Å². The summed E-state index contributed by atoms with van der Waals surface area (Å²) in [5, 5.41) is 3.12. The molecule has 3 aromatic rings. The molecule has 0 radical (unpaired) electrons. The zero-order valence-corrected chi connectivity index (χ0v) is 18.2. The average molecular weight is 457 g/mol. The van der Waals surface area contributed by atoms with Crippen LogP contribution in [0.25, 0.3) is 5.69 Å². The molecule has 0 unspecified atom stereocenters. The Balaban J connectivity index is 1.65. The van der Waals surface area contributed by atoms with Crippen LogP contribution >= 0.6 is 23.2 Å². The van der Waals surface area contributed by atoms with E-state index in [1.165, 1.54) is 4.68 Å². The van der Waals surface area contributed by atoms with Crippen molar-refractivity contribution in [3.8, 4) is 5.69 Å². The molecular weight excluding hydrogens is 439 g/mol. The van der Waals surface area contributed by atoms with Crippen molar-refractivity contribution in [2.45, 2.75) is 13.5 Å². The van der Waals surface area contributed by atoms with Gasteiger partial charge in [0.15, 0.2) is 0 Å². The third-order valence-corrected chi connectivity index (χ3v) is 5.77. The van der Waals surface area contributed by atoms with E-state index in [4.69, 9.17) is 23.2 Å². The van der Waals surface area contributed by atoms with E-state index >= 15 is 0 Å². The van der Waals surface area contributed by atoms with E-state index in [1.807, 2.05) is 18.2 Å². The summed E-state index contributed by atoms with van der Waals surface area (Å²) in [5.41, 5.74) is 1.67. The molecule has 1 aromatic heterocycles. The minimum absolute atomic E-state index is 0.0399. The van der Waals surface area contributed by atoms with Crippen molar-refractivity contribution < 1.29 is 9.59 Å². The number of halogens is 2. The van der Waals surface area contributed by atoms with E-state index in [0.717, 1.165) is 10.5 Å². The van der Waals surface area contributed by atoms with Crippen LogP contribution in [0.4, 0.5) is 5.69 Å². The fourth-order valence-electron chi connectivity index (χ4n) is 3.41. The summed E-state index contributed by atoms with van der Waals surface area (Å²) >= 11 is 12.1. The number of para-hydroxylation sites is 1. The smallest absolute Gasteiger partial charge is 0.295 e. The Morgan fingerprint density at radius 3 is 2.19 bits per heavy atom. The van der Waals surface area contributed by atoms with Gasteiger partial charge >= 0.3 is 0 Å². The number of hydrogen-bond acceptors (Lipinski definition) is 4. The van der Waals surface area contributed by atoms with E-state index in [0.29, 0.717) is 16.4 Å². The van der Waals surface area contributed by atoms with E-state index in [9.17, 15) is 14.4 Å². The first-order chi connectivity index (χ1) is 14.8. The van der Waals surface area contributed by atoms with Crippen molar-refractivity contribution >= 4 is 40.7 Å². The highest BCUT2D eigenvalue weighted by Gasteiger charge is 2.38. The number of nitrogens with zero attached hydrogens (tertiary/aromatic N) is 3. The van der Waals surface area contributed by atoms with Gasteiger partial charge in [0, 0.05) is 12.1 Å². The molecule has 1 N–H and O–H groups in total. The molecule has 0 spiro atoms. The minimum Gasteiger partial charge on any atom is -0.344 e. The van der Waals surface area contributed by atoms with Gasteiger partial charge in [-0.05, 0) is 36.8 Å². The number of amides is 2. The van der Waals surface area contributed by atoms with Gasteiger partial charge in [0.05, 0.1) is 17.9 Å². The van der Waals surface area contributed by atoms with Gasteiger partial charge in [-0.25, -0.2) is 4.68 Å². The highest BCUT2D eigenvalue weighted by Crippen LogP contribution is 2.27. The van der Waals surface area contributed by atoms with E-state index in [1.54, 1.807) is 55.1 Å². The fourth-order valence-corrected chi connectivity index (χ4v) is 3.76. The highest BCUT2D eigenvalue weighted by atomic mass is 35.5. The van der Waals surface area contributed by atoms with Gasteiger partial charge in [0.2, 0.25) is 0 Å². The molecule has 2 aromatic carbocycles. The number of carbonyl (C=O) groups is 2. The lowest BCUT2D eigenvalue weighted by Gasteiger charge is -2.15. The van der Waals surface area contributed by atoms with Crippen LogP contribution in [0.5, 0.6) is 0 Å². The first-order valence-corrected chi connectivity index (χ1v) is 10.2.